The average molecular weight is 423 g/mol. The number of hydrogen-bond donors (Lipinski definition) is 2. The average Bonchev–Trinajstić information content (AvgIpc) is 3.16. The number of nitrogens with zero attached hydrogens (tertiary/aromatic N) is 1. The Morgan fingerprint density at radius 2 is 1.96 bits per heavy atom. The van der Waals surface area contributed by atoms with Crippen LogP contribution in [-0.2, 0) is 21.4 Å². The molecule has 1 aliphatic heterocycles. The van der Waals surface area contributed by atoms with Crippen molar-refractivity contribution >= 4 is 33.0 Å². The number of quaternary nitrogens is 1. The zero-order chi connectivity index (χ0) is 20.1. The van der Waals surface area contributed by atoms with Gasteiger partial charge in [-0.3, -0.25) is 4.79 Å². The van der Waals surface area contributed by atoms with Gasteiger partial charge in [0.25, 0.3) is 5.91 Å². The van der Waals surface area contributed by atoms with Gasteiger partial charge < -0.3 is 10.2 Å². The van der Waals surface area contributed by atoms with Crippen LogP contribution in [0.3, 0.4) is 0 Å². The minimum absolute atomic E-state index is 0.122. The van der Waals surface area contributed by atoms with Crippen molar-refractivity contribution in [1.29, 1.82) is 0 Å². The number of amides is 1. The van der Waals surface area contributed by atoms with Gasteiger partial charge in [0.05, 0.1) is 11.9 Å². The Labute approximate surface area is 171 Å². The molecule has 1 unspecified atom stereocenters. The third-order valence-electron chi connectivity index (χ3n) is 4.98. The van der Waals surface area contributed by atoms with Gasteiger partial charge in [-0.1, -0.05) is 12.5 Å². The highest BCUT2D eigenvalue weighted by atomic mass is 32.2. The highest BCUT2D eigenvalue weighted by Gasteiger charge is 2.26. The third kappa shape index (κ3) is 5.20. The normalized spacial score (nSPS) is 16.6. The number of rotatable bonds is 7. The summed E-state index contributed by atoms with van der Waals surface area (Å²) in [6.07, 6.45) is 2.87. The minimum atomic E-state index is -3.52. The molecule has 1 aliphatic rings. The van der Waals surface area contributed by atoms with Crippen LogP contribution in [0.5, 0.6) is 0 Å². The second-order valence-corrected chi connectivity index (χ2v) is 10.1. The van der Waals surface area contributed by atoms with E-state index in [-0.39, 0.29) is 10.8 Å². The van der Waals surface area contributed by atoms with Gasteiger partial charge in [-0.15, -0.1) is 0 Å². The van der Waals surface area contributed by atoms with Crippen molar-refractivity contribution in [2.75, 3.05) is 32.0 Å². The molecule has 6 nitrogen and oxygen atoms in total. The molecule has 0 radical (unpaired) electrons. The Balaban J connectivity index is 1.68. The fourth-order valence-corrected chi connectivity index (χ4v) is 5.64. The first-order chi connectivity index (χ1) is 13.4. The maximum atomic E-state index is 12.9. The van der Waals surface area contributed by atoms with Crippen molar-refractivity contribution in [3.05, 3.63) is 46.2 Å². The first kappa shape index (κ1) is 21.0. The Bertz CT molecular complexity index is 905. The Morgan fingerprint density at radius 3 is 2.64 bits per heavy atom. The maximum absolute atomic E-state index is 12.9. The van der Waals surface area contributed by atoms with Crippen LogP contribution in [-0.4, -0.2) is 45.3 Å². The lowest BCUT2D eigenvalue weighted by Gasteiger charge is -2.26. The van der Waals surface area contributed by atoms with E-state index in [0.717, 1.165) is 36.3 Å². The monoisotopic (exact) mass is 422 g/mol. The number of anilines is 1. The summed E-state index contributed by atoms with van der Waals surface area (Å²) < 4.78 is 27.4. The van der Waals surface area contributed by atoms with Gasteiger partial charge in [-0.05, 0) is 54.3 Å². The number of likely N-dealkylation sites (N-methyl/N-ethyl adjacent to an activating group) is 1. The van der Waals surface area contributed by atoms with Crippen LogP contribution in [0, 0.1) is 6.92 Å². The van der Waals surface area contributed by atoms with Gasteiger partial charge in [0, 0.05) is 24.3 Å². The van der Waals surface area contributed by atoms with Crippen LogP contribution >= 0.6 is 11.3 Å². The van der Waals surface area contributed by atoms with Crippen LogP contribution in [0.4, 0.5) is 5.69 Å². The summed E-state index contributed by atoms with van der Waals surface area (Å²) in [7, 11) is -1.54. The number of sulfonamides is 1. The fourth-order valence-electron chi connectivity index (χ4n) is 3.42. The first-order valence-electron chi connectivity index (χ1n) is 9.59. The molecule has 2 aromatic rings. The molecule has 28 heavy (non-hydrogen) atoms. The Kier molecular flexibility index (Phi) is 6.87. The molecule has 1 saturated heterocycles. The van der Waals surface area contributed by atoms with Gasteiger partial charge >= 0.3 is 0 Å². The van der Waals surface area contributed by atoms with E-state index in [2.05, 4.69) is 16.8 Å². The largest absolute Gasteiger partial charge is 0.326 e. The lowest BCUT2D eigenvalue weighted by Crippen LogP contribution is -3.08. The van der Waals surface area contributed by atoms with E-state index in [9.17, 15) is 13.2 Å². The first-order valence-corrected chi connectivity index (χ1v) is 12.0. The van der Waals surface area contributed by atoms with E-state index in [1.165, 1.54) is 5.56 Å². The molecular weight excluding hydrogens is 394 g/mol. The SMILES string of the molecule is Cc1ccc(S(=O)(=O)N2CCCCC2)cc1NC(=O)C[NH+](C)Cc1ccsc1. The number of benzene rings is 1. The molecule has 0 spiro atoms. The lowest BCUT2D eigenvalue weighted by atomic mass is 10.2. The van der Waals surface area contributed by atoms with E-state index in [1.54, 1.807) is 33.8 Å². The van der Waals surface area contributed by atoms with Gasteiger partial charge in [-0.2, -0.15) is 15.6 Å². The molecule has 0 saturated carbocycles. The molecule has 2 N–H and O–H groups in total. The van der Waals surface area contributed by atoms with Crippen molar-refractivity contribution in [2.24, 2.45) is 0 Å². The second-order valence-electron chi connectivity index (χ2n) is 7.43. The summed E-state index contributed by atoms with van der Waals surface area (Å²) in [5.41, 5.74) is 2.62. The number of aryl methyl sites for hydroxylation is 1. The van der Waals surface area contributed by atoms with Crippen LogP contribution in [0.1, 0.15) is 30.4 Å². The highest BCUT2D eigenvalue weighted by molar-refractivity contribution is 7.89. The maximum Gasteiger partial charge on any atom is 0.279 e. The number of carbonyl (C=O) groups excluding carboxylic acids is 1. The van der Waals surface area contributed by atoms with E-state index in [4.69, 9.17) is 0 Å². The van der Waals surface area contributed by atoms with Gasteiger partial charge in [0.1, 0.15) is 6.54 Å². The minimum Gasteiger partial charge on any atom is -0.326 e. The predicted octanol–water partition coefficient (Wildman–Crippen LogP) is 1.88. The van der Waals surface area contributed by atoms with Crippen LogP contribution in [0.15, 0.2) is 39.9 Å². The third-order valence-corrected chi connectivity index (χ3v) is 7.61. The van der Waals surface area contributed by atoms with Gasteiger partial charge in [0.15, 0.2) is 6.54 Å². The van der Waals surface area contributed by atoms with E-state index in [0.29, 0.717) is 25.3 Å². The number of nitrogens with one attached hydrogen (secondary N) is 2. The summed E-state index contributed by atoms with van der Waals surface area (Å²) in [4.78, 5) is 13.8. The molecule has 1 atom stereocenters. The highest BCUT2D eigenvalue weighted by Crippen LogP contribution is 2.25. The predicted molar refractivity (Wildman–Crippen MR) is 112 cm³/mol. The molecular formula is C20H28N3O3S2+. The van der Waals surface area contributed by atoms with Crippen molar-refractivity contribution in [2.45, 2.75) is 37.6 Å². The molecule has 1 aromatic carbocycles. The second kappa shape index (κ2) is 9.17. The van der Waals surface area contributed by atoms with Gasteiger partial charge in [0.2, 0.25) is 10.0 Å². The quantitative estimate of drug-likeness (QED) is 0.716. The summed E-state index contributed by atoms with van der Waals surface area (Å²) in [5.74, 6) is -0.122. The van der Waals surface area contributed by atoms with Gasteiger partial charge in [-0.25, -0.2) is 8.42 Å². The molecule has 0 aliphatic carbocycles. The Morgan fingerprint density at radius 1 is 1.21 bits per heavy atom. The zero-order valence-corrected chi connectivity index (χ0v) is 18.0. The van der Waals surface area contributed by atoms with Crippen LogP contribution in [0.25, 0.3) is 0 Å². The van der Waals surface area contributed by atoms with Crippen molar-refractivity contribution in [3.8, 4) is 0 Å². The van der Waals surface area contributed by atoms with Crippen molar-refractivity contribution in [3.63, 3.8) is 0 Å². The molecule has 1 aromatic heterocycles. The standard InChI is InChI=1S/C20H27N3O3S2/c1-16-6-7-18(28(25,26)23-9-4-3-5-10-23)12-19(16)21-20(24)14-22(2)13-17-8-11-27-15-17/h6-8,11-12,15H,3-5,9-10,13-14H2,1-2H3,(H,21,24)/p+1. The Hall–Kier alpha value is -1.74. The molecule has 0 bridgehead atoms. The van der Waals surface area contributed by atoms with Crippen LogP contribution in [0.2, 0.25) is 0 Å². The number of thiophene rings is 1. The summed E-state index contributed by atoms with van der Waals surface area (Å²) in [5, 5.41) is 7.01. The van der Waals surface area contributed by atoms with E-state index < -0.39 is 10.0 Å². The topological polar surface area (TPSA) is 70.9 Å². The molecule has 2 heterocycles. The zero-order valence-electron chi connectivity index (χ0n) is 16.4. The molecule has 3 rings (SSSR count). The molecule has 1 fully saturated rings. The fraction of sp³-hybridized carbons (Fsp3) is 0.450. The summed E-state index contributed by atoms with van der Waals surface area (Å²) in [6, 6.07) is 7.04. The van der Waals surface area contributed by atoms with Crippen LogP contribution < -0.4 is 10.2 Å². The van der Waals surface area contributed by atoms with E-state index in [1.807, 2.05) is 19.4 Å². The number of carbonyl (C=O) groups is 1. The summed E-state index contributed by atoms with van der Waals surface area (Å²) in [6.45, 7) is 4.09. The number of hydrogen-bond acceptors (Lipinski definition) is 4. The molecule has 1 amide bonds. The van der Waals surface area contributed by atoms with Crippen molar-refractivity contribution in [1.82, 2.24) is 4.31 Å². The smallest absolute Gasteiger partial charge is 0.279 e. The molecule has 152 valence electrons. The lowest BCUT2D eigenvalue weighted by molar-refractivity contribution is -0.885. The summed E-state index contributed by atoms with van der Waals surface area (Å²) >= 11 is 1.65. The molecule has 8 heteroatoms. The van der Waals surface area contributed by atoms with Crippen molar-refractivity contribution < 1.29 is 18.1 Å². The number of piperidine rings is 1. The van der Waals surface area contributed by atoms with E-state index >= 15 is 0 Å².